The number of likely N-dealkylation sites (tertiary alicyclic amines) is 1. The molecule has 1 atom stereocenters. The van der Waals surface area contributed by atoms with Gasteiger partial charge in [-0.25, -0.2) is 0 Å². The Kier molecular flexibility index (Phi) is 5.73. The summed E-state index contributed by atoms with van der Waals surface area (Å²) in [7, 11) is 2.46. The lowest BCUT2D eigenvalue weighted by atomic mass is 9.73. The monoisotopic (exact) mass is 363 g/mol. The zero-order valence-corrected chi connectivity index (χ0v) is 14.8. The lowest BCUT2D eigenvalue weighted by molar-refractivity contribution is -0.879. The number of piperidine rings is 1. The van der Waals surface area contributed by atoms with Crippen molar-refractivity contribution < 1.29 is 28.5 Å². The number of rotatable bonds is 1. The summed E-state index contributed by atoms with van der Waals surface area (Å²) in [5, 5.41) is 0. The van der Waals surface area contributed by atoms with Gasteiger partial charge < -0.3 is 24.0 Å². The standard InChI is InChI=1S/C16H30N.HI/c1-16(2,3)14-8-10-15(11-9-14)17(4)12-6-5-7-13-17;/h10,14H,5-9,11-13H2,1-4H3;1H/q+1;/p-1. The predicted molar refractivity (Wildman–Crippen MR) is 74.6 cm³/mol. The Labute approximate surface area is 131 Å². The molecular weight excluding hydrogens is 333 g/mol. The van der Waals surface area contributed by atoms with Gasteiger partial charge in [-0.3, -0.25) is 4.48 Å². The van der Waals surface area contributed by atoms with Crippen molar-refractivity contribution in [3.63, 3.8) is 0 Å². The Morgan fingerprint density at radius 3 is 2.17 bits per heavy atom. The minimum absolute atomic E-state index is 0. The van der Waals surface area contributed by atoms with E-state index in [9.17, 15) is 0 Å². The van der Waals surface area contributed by atoms with Crippen LogP contribution in [0.4, 0.5) is 0 Å². The van der Waals surface area contributed by atoms with Crippen LogP contribution in [-0.2, 0) is 0 Å². The summed E-state index contributed by atoms with van der Waals surface area (Å²) in [5.41, 5.74) is 2.23. The molecular formula is C16H30IN. The molecule has 2 aliphatic rings. The maximum atomic E-state index is 2.59. The first kappa shape index (κ1) is 16.5. The van der Waals surface area contributed by atoms with Crippen LogP contribution in [0.5, 0.6) is 0 Å². The first-order valence-corrected chi connectivity index (χ1v) is 7.46. The van der Waals surface area contributed by atoms with Crippen LogP contribution in [0, 0.1) is 11.3 Å². The van der Waals surface area contributed by atoms with E-state index in [1.807, 2.05) is 0 Å². The van der Waals surface area contributed by atoms with E-state index in [0.29, 0.717) is 5.41 Å². The SMILES string of the molecule is CC(C)(C)C1CC=C([N+]2(C)CCCCC2)CC1.[I-]. The highest BCUT2D eigenvalue weighted by Crippen LogP contribution is 2.39. The smallest absolute Gasteiger partial charge is 0.105 e. The lowest BCUT2D eigenvalue weighted by Gasteiger charge is -2.42. The number of allylic oxidation sites excluding steroid dienone is 2. The van der Waals surface area contributed by atoms with Gasteiger partial charge in [-0.2, -0.15) is 0 Å². The molecule has 1 nitrogen and oxygen atoms in total. The molecule has 1 unspecified atom stereocenters. The highest BCUT2D eigenvalue weighted by Gasteiger charge is 2.34. The molecule has 2 rings (SSSR count). The van der Waals surface area contributed by atoms with Crippen LogP contribution in [0.25, 0.3) is 0 Å². The zero-order valence-electron chi connectivity index (χ0n) is 12.6. The minimum Gasteiger partial charge on any atom is -1.00 e. The van der Waals surface area contributed by atoms with E-state index in [1.165, 1.54) is 56.1 Å². The molecule has 0 radical (unpaired) electrons. The minimum atomic E-state index is 0. The highest BCUT2D eigenvalue weighted by molar-refractivity contribution is 5.02. The molecule has 0 spiro atoms. The molecule has 1 saturated heterocycles. The molecule has 2 heteroatoms. The van der Waals surface area contributed by atoms with Gasteiger partial charge in [-0.05, 0) is 49.5 Å². The molecule has 0 amide bonds. The fourth-order valence-electron chi connectivity index (χ4n) is 3.59. The average Bonchev–Trinajstić information content (AvgIpc) is 2.29. The largest absolute Gasteiger partial charge is 1.00 e. The van der Waals surface area contributed by atoms with Crippen LogP contribution in [0.1, 0.15) is 59.3 Å². The number of halogens is 1. The fourth-order valence-corrected chi connectivity index (χ4v) is 3.59. The first-order valence-electron chi connectivity index (χ1n) is 7.46. The fraction of sp³-hybridized carbons (Fsp3) is 0.875. The maximum Gasteiger partial charge on any atom is 0.105 e. The summed E-state index contributed by atoms with van der Waals surface area (Å²) in [5.74, 6) is 0.891. The second kappa shape index (κ2) is 6.25. The molecule has 0 aromatic carbocycles. The van der Waals surface area contributed by atoms with Crippen molar-refractivity contribution in [1.82, 2.24) is 0 Å². The Bertz CT molecular complexity index is 295. The average molecular weight is 363 g/mol. The van der Waals surface area contributed by atoms with Crippen LogP contribution >= 0.6 is 0 Å². The van der Waals surface area contributed by atoms with Crippen molar-refractivity contribution >= 4 is 0 Å². The summed E-state index contributed by atoms with van der Waals surface area (Å²) >= 11 is 0. The Morgan fingerprint density at radius 2 is 1.72 bits per heavy atom. The summed E-state index contributed by atoms with van der Waals surface area (Å²) in [6.45, 7) is 9.95. The van der Waals surface area contributed by atoms with Gasteiger partial charge in [-0.1, -0.05) is 20.8 Å². The van der Waals surface area contributed by atoms with Gasteiger partial charge in [0, 0.05) is 6.42 Å². The Balaban J connectivity index is 0.00000162. The van der Waals surface area contributed by atoms with Gasteiger partial charge in [0.25, 0.3) is 0 Å². The van der Waals surface area contributed by atoms with Crippen molar-refractivity contribution in [2.75, 3.05) is 20.1 Å². The zero-order chi connectivity index (χ0) is 12.5. The molecule has 18 heavy (non-hydrogen) atoms. The molecule has 1 aliphatic carbocycles. The van der Waals surface area contributed by atoms with E-state index < -0.39 is 0 Å². The van der Waals surface area contributed by atoms with E-state index in [2.05, 4.69) is 33.9 Å². The van der Waals surface area contributed by atoms with Gasteiger partial charge in [0.15, 0.2) is 0 Å². The summed E-state index contributed by atoms with van der Waals surface area (Å²) < 4.78 is 1.26. The van der Waals surface area contributed by atoms with Crippen LogP contribution in [0.15, 0.2) is 11.8 Å². The molecule has 0 saturated carbocycles. The Hall–Kier alpha value is 0.430. The van der Waals surface area contributed by atoms with Gasteiger partial charge in [0.05, 0.1) is 20.1 Å². The van der Waals surface area contributed by atoms with Crippen LogP contribution in [0.3, 0.4) is 0 Å². The van der Waals surface area contributed by atoms with E-state index in [-0.39, 0.29) is 24.0 Å². The summed E-state index contributed by atoms with van der Waals surface area (Å²) in [4.78, 5) is 0. The molecule has 0 N–H and O–H groups in total. The maximum absolute atomic E-state index is 2.59. The quantitative estimate of drug-likeness (QED) is 0.488. The highest BCUT2D eigenvalue weighted by atomic mass is 127. The number of quaternary nitrogens is 1. The molecule has 0 aromatic rings. The third-order valence-corrected chi connectivity index (χ3v) is 5.11. The van der Waals surface area contributed by atoms with Crippen molar-refractivity contribution in [1.29, 1.82) is 0 Å². The third-order valence-electron chi connectivity index (χ3n) is 5.11. The number of nitrogens with zero attached hydrogens (tertiary/aromatic N) is 1. The second-order valence-electron chi connectivity index (χ2n) is 7.44. The lowest BCUT2D eigenvalue weighted by Crippen LogP contribution is -3.00. The number of hydrogen-bond donors (Lipinski definition) is 0. The van der Waals surface area contributed by atoms with Crippen molar-refractivity contribution in [2.24, 2.45) is 11.3 Å². The summed E-state index contributed by atoms with van der Waals surface area (Å²) in [6.07, 6.45) is 11.0. The van der Waals surface area contributed by atoms with Crippen molar-refractivity contribution in [2.45, 2.75) is 59.3 Å². The van der Waals surface area contributed by atoms with Crippen molar-refractivity contribution in [3.8, 4) is 0 Å². The van der Waals surface area contributed by atoms with Gasteiger partial charge in [0.1, 0.15) is 5.70 Å². The van der Waals surface area contributed by atoms with Crippen LogP contribution < -0.4 is 24.0 Å². The second-order valence-corrected chi connectivity index (χ2v) is 7.44. The summed E-state index contributed by atoms with van der Waals surface area (Å²) in [6, 6.07) is 0. The molecule has 106 valence electrons. The van der Waals surface area contributed by atoms with E-state index >= 15 is 0 Å². The molecule has 0 bridgehead atoms. The van der Waals surface area contributed by atoms with Gasteiger partial charge in [-0.15, -0.1) is 0 Å². The first-order chi connectivity index (χ1) is 7.92. The van der Waals surface area contributed by atoms with E-state index in [0.717, 1.165) is 5.92 Å². The molecule has 1 fully saturated rings. The third kappa shape index (κ3) is 3.72. The van der Waals surface area contributed by atoms with Gasteiger partial charge >= 0.3 is 0 Å². The molecule has 1 aliphatic heterocycles. The Morgan fingerprint density at radius 1 is 1.11 bits per heavy atom. The number of hydrogen-bond acceptors (Lipinski definition) is 0. The normalized spacial score (nSPS) is 28.2. The van der Waals surface area contributed by atoms with Crippen LogP contribution in [-0.4, -0.2) is 24.6 Å². The molecule has 1 heterocycles. The van der Waals surface area contributed by atoms with Crippen LogP contribution in [0.2, 0.25) is 0 Å². The van der Waals surface area contributed by atoms with E-state index in [1.54, 1.807) is 5.70 Å². The predicted octanol–water partition coefficient (Wildman–Crippen LogP) is 1.35. The van der Waals surface area contributed by atoms with E-state index in [4.69, 9.17) is 0 Å². The topological polar surface area (TPSA) is 0 Å². The van der Waals surface area contributed by atoms with Gasteiger partial charge in [0.2, 0.25) is 0 Å². The van der Waals surface area contributed by atoms with Crippen molar-refractivity contribution in [3.05, 3.63) is 11.8 Å². The molecule has 0 aromatic heterocycles.